The molecule has 0 aromatic heterocycles. The van der Waals surface area contributed by atoms with E-state index in [4.69, 9.17) is 0 Å². The van der Waals surface area contributed by atoms with Crippen LogP contribution >= 0.6 is 0 Å². The van der Waals surface area contributed by atoms with Gasteiger partial charge in [0.15, 0.2) is 17.3 Å². The van der Waals surface area contributed by atoms with Crippen molar-refractivity contribution in [3.8, 4) is 17.2 Å². The van der Waals surface area contributed by atoms with E-state index in [0.717, 1.165) is 0 Å². The van der Waals surface area contributed by atoms with Crippen LogP contribution < -0.4 is 0 Å². The van der Waals surface area contributed by atoms with Crippen LogP contribution in [0.15, 0.2) is 40.9 Å². The summed E-state index contributed by atoms with van der Waals surface area (Å²) in [6.07, 6.45) is 2.25. The Morgan fingerprint density at radius 3 is 1.92 bits per heavy atom. The summed E-state index contributed by atoms with van der Waals surface area (Å²) < 4.78 is 0. The SMILES string of the molecule is C=C(C)C=Cc1c(O)c(CC2=C(O)C(C)(C)C(=O)C(C(=O)C(C)C)=C2O)c(O)c(C(=O)C(C)C)c1O. The summed E-state index contributed by atoms with van der Waals surface area (Å²) in [5, 5.41) is 54.7. The van der Waals surface area contributed by atoms with Gasteiger partial charge < -0.3 is 25.5 Å². The zero-order valence-corrected chi connectivity index (χ0v) is 21.7. The standard InChI is InChI=1S/C28H34O8/c1-12(2)9-10-15-22(31)16(24(33)18(23(15)32)20(29)13(3)4)11-17-25(34)19(21(30)14(5)6)27(36)28(7,8)26(17)35/h9-10,13-14,31-35H,1,11H2,2-8H3. The average Bonchev–Trinajstić information content (AvgIpc) is 2.77. The summed E-state index contributed by atoms with van der Waals surface area (Å²) >= 11 is 0. The van der Waals surface area contributed by atoms with Crippen molar-refractivity contribution in [2.24, 2.45) is 17.3 Å². The molecule has 0 aliphatic heterocycles. The Kier molecular flexibility index (Phi) is 7.93. The van der Waals surface area contributed by atoms with Crippen molar-refractivity contribution in [3.05, 3.63) is 57.6 Å². The molecule has 0 amide bonds. The smallest absolute Gasteiger partial charge is 0.183 e. The van der Waals surface area contributed by atoms with Gasteiger partial charge in [-0.25, -0.2) is 0 Å². The predicted molar refractivity (Wildman–Crippen MR) is 136 cm³/mol. The van der Waals surface area contributed by atoms with Crippen LogP contribution in [0, 0.1) is 17.3 Å². The first kappa shape index (κ1) is 28.4. The monoisotopic (exact) mass is 498 g/mol. The van der Waals surface area contributed by atoms with Crippen molar-refractivity contribution >= 4 is 23.4 Å². The number of aromatic hydroxyl groups is 3. The summed E-state index contributed by atoms with van der Waals surface area (Å²) in [6, 6.07) is 0. The highest BCUT2D eigenvalue weighted by molar-refractivity contribution is 6.24. The van der Waals surface area contributed by atoms with E-state index >= 15 is 0 Å². The van der Waals surface area contributed by atoms with Gasteiger partial charge in [-0.3, -0.25) is 14.4 Å². The normalized spacial score (nSPS) is 16.0. The number of carbonyl (C=O) groups is 3. The van der Waals surface area contributed by atoms with Gasteiger partial charge >= 0.3 is 0 Å². The minimum Gasteiger partial charge on any atom is -0.511 e. The second kappa shape index (κ2) is 10.0. The molecule has 0 unspecified atom stereocenters. The van der Waals surface area contributed by atoms with Gasteiger partial charge in [0.05, 0.1) is 11.0 Å². The Balaban J connectivity index is 2.93. The van der Waals surface area contributed by atoms with E-state index in [-0.39, 0.29) is 16.7 Å². The molecule has 0 spiro atoms. The Bertz CT molecular complexity index is 1250. The molecule has 1 aliphatic rings. The summed E-state index contributed by atoms with van der Waals surface area (Å²) in [5.74, 6) is -6.56. The first-order valence-corrected chi connectivity index (χ1v) is 11.6. The van der Waals surface area contributed by atoms with Gasteiger partial charge in [0.1, 0.15) is 39.9 Å². The van der Waals surface area contributed by atoms with Gasteiger partial charge in [-0.15, -0.1) is 0 Å². The molecular weight excluding hydrogens is 464 g/mol. The molecule has 0 saturated heterocycles. The van der Waals surface area contributed by atoms with E-state index in [2.05, 4.69) is 6.58 Å². The second-order valence-corrected chi connectivity index (χ2v) is 10.2. The molecule has 2 rings (SSSR count). The first-order chi connectivity index (χ1) is 16.5. The predicted octanol–water partition coefficient (Wildman–Crippen LogP) is 5.23. The lowest BCUT2D eigenvalue weighted by Crippen LogP contribution is -2.37. The Hall–Kier alpha value is -3.81. The topological polar surface area (TPSA) is 152 Å². The average molecular weight is 499 g/mol. The van der Waals surface area contributed by atoms with Gasteiger partial charge in [0.25, 0.3) is 0 Å². The number of phenolic OH excluding ortho intramolecular Hbond substituents is 3. The van der Waals surface area contributed by atoms with Gasteiger partial charge in [0, 0.05) is 29.4 Å². The number of hydrogen-bond acceptors (Lipinski definition) is 8. The zero-order valence-electron chi connectivity index (χ0n) is 21.7. The van der Waals surface area contributed by atoms with E-state index in [1.807, 2.05) is 0 Å². The lowest BCUT2D eigenvalue weighted by atomic mass is 9.72. The number of aliphatic hydroxyl groups is 2. The Labute approximate surface area is 210 Å². The maximum atomic E-state index is 13.0. The van der Waals surface area contributed by atoms with Crippen LogP contribution in [0.25, 0.3) is 6.08 Å². The lowest BCUT2D eigenvalue weighted by Gasteiger charge is -2.31. The van der Waals surface area contributed by atoms with Gasteiger partial charge in [-0.2, -0.15) is 0 Å². The summed E-state index contributed by atoms with van der Waals surface area (Å²) in [7, 11) is 0. The van der Waals surface area contributed by atoms with Gasteiger partial charge in [0.2, 0.25) is 0 Å². The fraction of sp³-hybridized carbons (Fsp3) is 0.393. The van der Waals surface area contributed by atoms with Crippen LogP contribution in [0.4, 0.5) is 0 Å². The number of aliphatic hydroxyl groups excluding tert-OH is 2. The molecule has 0 heterocycles. The van der Waals surface area contributed by atoms with E-state index in [0.29, 0.717) is 5.57 Å². The molecule has 0 saturated carbocycles. The largest absolute Gasteiger partial charge is 0.511 e. The van der Waals surface area contributed by atoms with Crippen molar-refractivity contribution in [3.63, 3.8) is 0 Å². The quantitative estimate of drug-likeness (QED) is 0.185. The molecule has 194 valence electrons. The first-order valence-electron chi connectivity index (χ1n) is 11.6. The molecule has 0 radical (unpaired) electrons. The molecule has 0 fully saturated rings. The van der Waals surface area contributed by atoms with Crippen LogP contribution in [0.1, 0.15) is 70.0 Å². The van der Waals surface area contributed by atoms with Crippen LogP contribution in [0.5, 0.6) is 17.2 Å². The number of hydrogen-bond donors (Lipinski definition) is 5. The van der Waals surface area contributed by atoms with Gasteiger partial charge in [-0.1, -0.05) is 45.9 Å². The van der Waals surface area contributed by atoms with Crippen molar-refractivity contribution in [2.75, 3.05) is 0 Å². The molecule has 36 heavy (non-hydrogen) atoms. The summed E-state index contributed by atoms with van der Waals surface area (Å²) in [4.78, 5) is 38.6. The maximum Gasteiger partial charge on any atom is 0.183 e. The van der Waals surface area contributed by atoms with E-state index in [1.54, 1.807) is 34.6 Å². The number of allylic oxidation sites excluding steroid dienone is 5. The van der Waals surface area contributed by atoms with Crippen LogP contribution in [-0.2, 0) is 16.0 Å². The second-order valence-electron chi connectivity index (χ2n) is 10.2. The fourth-order valence-corrected chi connectivity index (χ4v) is 3.89. The van der Waals surface area contributed by atoms with Crippen molar-refractivity contribution < 1.29 is 39.9 Å². The van der Waals surface area contributed by atoms with Gasteiger partial charge in [-0.05, 0) is 26.8 Å². The third-order valence-electron chi connectivity index (χ3n) is 6.18. The minimum absolute atomic E-state index is 0.178. The zero-order chi connectivity index (χ0) is 27.9. The summed E-state index contributed by atoms with van der Waals surface area (Å²) in [6.45, 7) is 14.4. The molecule has 1 aliphatic carbocycles. The van der Waals surface area contributed by atoms with Crippen LogP contribution in [-0.4, -0.2) is 42.9 Å². The molecule has 0 atom stereocenters. The Morgan fingerprint density at radius 2 is 1.44 bits per heavy atom. The highest BCUT2D eigenvalue weighted by Crippen LogP contribution is 2.47. The molecular formula is C28H34O8. The maximum absolute atomic E-state index is 13.0. The Morgan fingerprint density at radius 1 is 0.917 bits per heavy atom. The highest BCUT2D eigenvalue weighted by Gasteiger charge is 2.46. The molecule has 0 bridgehead atoms. The number of benzene rings is 1. The lowest BCUT2D eigenvalue weighted by molar-refractivity contribution is -0.128. The van der Waals surface area contributed by atoms with Crippen molar-refractivity contribution in [1.29, 1.82) is 0 Å². The highest BCUT2D eigenvalue weighted by atomic mass is 16.3. The van der Waals surface area contributed by atoms with Crippen molar-refractivity contribution in [1.82, 2.24) is 0 Å². The van der Waals surface area contributed by atoms with Crippen molar-refractivity contribution in [2.45, 2.75) is 54.9 Å². The summed E-state index contributed by atoms with van der Waals surface area (Å²) in [5.41, 5.74) is -2.66. The fourth-order valence-electron chi connectivity index (χ4n) is 3.89. The molecule has 5 N–H and O–H groups in total. The van der Waals surface area contributed by atoms with E-state index < -0.39 is 80.9 Å². The number of ketones is 3. The number of Topliss-reactive ketones (excluding diaryl/α,β-unsaturated/α-hetero) is 3. The molecule has 8 nitrogen and oxygen atoms in total. The van der Waals surface area contributed by atoms with Crippen LogP contribution in [0.2, 0.25) is 0 Å². The third-order valence-corrected chi connectivity index (χ3v) is 6.18. The van der Waals surface area contributed by atoms with E-state index in [9.17, 15) is 39.9 Å². The number of phenols is 3. The molecule has 1 aromatic carbocycles. The number of carbonyl (C=O) groups excluding carboxylic acids is 3. The van der Waals surface area contributed by atoms with Crippen LogP contribution in [0.3, 0.4) is 0 Å². The number of rotatable bonds is 8. The van der Waals surface area contributed by atoms with E-state index in [1.165, 1.54) is 26.0 Å². The molecule has 8 heteroatoms. The molecule has 1 aromatic rings. The third kappa shape index (κ3) is 4.80. The minimum atomic E-state index is -1.58.